The fraction of sp³-hybridized carbons (Fsp3) is 0.360. The van der Waals surface area contributed by atoms with Crippen LogP contribution in [0.2, 0.25) is 0 Å². The summed E-state index contributed by atoms with van der Waals surface area (Å²) in [5.41, 5.74) is 4.17. The number of amides is 2. The van der Waals surface area contributed by atoms with Gasteiger partial charge in [-0.2, -0.15) is 0 Å². The molecule has 6 nitrogen and oxygen atoms in total. The van der Waals surface area contributed by atoms with Gasteiger partial charge < -0.3 is 14.8 Å². The third kappa shape index (κ3) is 5.14. The molecule has 0 saturated carbocycles. The Morgan fingerprint density at radius 1 is 1.00 bits per heavy atom. The van der Waals surface area contributed by atoms with Crippen LogP contribution >= 0.6 is 0 Å². The van der Waals surface area contributed by atoms with Crippen LogP contribution in [0.25, 0.3) is 5.57 Å². The van der Waals surface area contributed by atoms with Gasteiger partial charge in [0.2, 0.25) is 0 Å². The van der Waals surface area contributed by atoms with Crippen molar-refractivity contribution < 1.29 is 19.1 Å². The van der Waals surface area contributed by atoms with Crippen LogP contribution in [0.1, 0.15) is 37.5 Å². The number of benzene rings is 2. The zero-order valence-corrected chi connectivity index (χ0v) is 18.8. The van der Waals surface area contributed by atoms with Crippen molar-refractivity contribution in [3.8, 4) is 5.75 Å². The molecule has 0 spiro atoms. The van der Waals surface area contributed by atoms with E-state index in [2.05, 4.69) is 5.32 Å². The molecule has 0 saturated heterocycles. The summed E-state index contributed by atoms with van der Waals surface area (Å²) in [6, 6.07) is 13.2. The minimum Gasteiger partial charge on any atom is -0.494 e. The number of aryl methyl sites for hydroxylation is 2. The summed E-state index contributed by atoms with van der Waals surface area (Å²) in [6.45, 7) is 10.8. The molecule has 0 unspecified atom stereocenters. The van der Waals surface area contributed by atoms with Crippen LogP contribution in [0.4, 0.5) is 5.69 Å². The lowest BCUT2D eigenvalue weighted by atomic mass is 10.0. The van der Waals surface area contributed by atoms with Crippen molar-refractivity contribution >= 4 is 23.1 Å². The Labute approximate surface area is 183 Å². The number of carbonyl (C=O) groups excluding carboxylic acids is 2. The first-order chi connectivity index (χ1) is 14.8. The highest BCUT2D eigenvalue weighted by atomic mass is 16.5. The SMILES string of the molecule is CCOc1ccc(C2=C(Nc3cc(C)ccc3C)C(=O)N(CCOC(C)C)C2=O)cc1. The topological polar surface area (TPSA) is 67.9 Å². The Morgan fingerprint density at radius 3 is 2.35 bits per heavy atom. The molecule has 0 atom stereocenters. The molecule has 2 amide bonds. The van der Waals surface area contributed by atoms with E-state index in [4.69, 9.17) is 9.47 Å². The zero-order valence-electron chi connectivity index (χ0n) is 18.8. The summed E-state index contributed by atoms with van der Waals surface area (Å²) in [7, 11) is 0. The van der Waals surface area contributed by atoms with Crippen molar-refractivity contribution in [2.45, 2.75) is 40.7 Å². The maximum atomic E-state index is 13.3. The van der Waals surface area contributed by atoms with E-state index in [1.807, 2.05) is 77.1 Å². The second-order valence-electron chi connectivity index (χ2n) is 7.83. The molecule has 6 heteroatoms. The molecule has 0 fully saturated rings. The summed E-state index contributed by atoms with van der Waals surface area (Å²) in [4.78, 5) is 27.8. The molecule has 2 aromatic rings. The maximum Gasteiger partial charge on any atom is 0.278 e. The molecule has 1 N–H and O–H groups in total. The van der Waals surface area contributed by atoms with Gasteiger partial charge in [0.25, 0.3) is 11.8 Å². The number of nitrogens with zero attached hydrogens (tertiary/aromatic N) is 1. The number of hydrogen-bond donors (Lipinski definition) is 1. The summed E-state index contributed by atoms with van der Waals surface area (Å²) in [5, 5.41) is 3.24. The van der Waals surface area contributed by atoms with Gasteiger partial charge in [-0.25, -0.2) is 0 Å². The smallest absolute Gasteiger partial charge is 0.278 e. The highest BCUT2D eigenvalue weighted by Crippen LogP contribution is 2.32. The van der Waals surface area contributed by atoms with Crippen molar-refractivity contribution in [3.63, 3.8) is 0 Å². The number of carbonyl (C=O) groups is 2. The van der Waals surface area contributed by atoms with E-state index >= 15 is 0 Å². The molecular formula is C25H30N2O4. The van der Waals surface area contributed by atoms with Gasteiger partial charge in [-0.3, -0.25) is 14.5 Å². The van der Waals surface area contributed by atoms with Gasteiger partial charge in [0.15, 0.2) is 0 Å². The maximum absolute atomic E-state index is 13.3. The summed E-state index contributed by atoms with van der Waals surface area (Å²) in [6.07, 6.45) is 0.0267. The lowest BCUT2D eigenvalue weighted by Gasteiger charge is -2.17. The second-order valence-corrected chi connectivity index (χ2v) is 7.83. The minimum atomic E-state index is -0.345. The molecule has 0 bridgehead atoms. The fourth-order valence-corrected chi connectivity index (χ4v) is 3.43. The molecule has 2 aromatic carbocycles. The number of ether oxygens (including phenoxy) is 2. The molecular weight excluding hydrogens is 392 g/mol. The first-order valence-corrected chi connectivity index (χ1v) is 10.6. The number of nitrogens with one attached hydrogen (secondary N) is 1. The zero-order chi connectivity index (χ0) is 22.5. The van der Waals surface area contributed by atoms with Crippen LogP contribution in [-0.2, 0) is 14.3 Å². The van der Waals surface area contributed by atoms with E-state index < -0.39 is 0 Å². The van der Waals surface area contributed by atoms with Crippen LogP contribution < -0.4 is 10.1 Å². The second kappa shape index (κ2) is 9.79. The Balaban J connectivity index is 1.98. The predicted octanol–water partition coefficient (Wildman–Crippen LogP) is 4.32. The normalized spacial score (nSPS) is 14.1. The van der Waals surface area contributed by atoms with Crippen LogP contribution in [-0.4, -0.2) is 42.6 Å². The molecule has 164 valence electrons. The van der Waals surface area contributed by atoms with Gasteiger partial charge in [-0.15, -0.1) is 0 Å². The van der Waals surface area contributed by atoms with Crippen molar-refractivity contribution in [3.05, 3.63) is 64.9 Å². The lowest BCUT2D eigenvalue weighted by Crippen LogP contribution is -2.35. The van der Waals surface area contributed by atoms with E-state index in [0.717, 1.165) is 22.6 Å². The number of hydrogen-bond acceptors (Lipinski definition) is 5. The molecule has 1 aliphatic heterocycles. The molecule has 1 aliphatic rings. The van der Waals surface area contributed by atoms with Crippen molar-refractivity contribution in [2.75, 3.05) is 25.1 Å². The minimum absolute atomic E-state index is 0.0267. The first kappa shape index (κ1) is 22.6. The van der Waals surface area contributed by atoms with Crippen LogP contribution in [0.5, 0.6) is 5.75 Å². The number of imide groups is 1. The molecule has 0 radical (unpaired) electrons. The third-order valence-corrected chi connectivity index (χ3v) is 5.04. The highest BCUT2D eigenvalue weighted by Gasteiger charge is 2.39. The Hall–Kier alpha value is -3.12. The van der Waals surface area contributed by atoms with E-state index in [9.17, 15) is 9.59 Å². The molecule has 0 aliphatic carbocycles. The van der Waals surface area contributed by atoms with Crippen molar-refractivity contribution in [1.29, 1.82) is 0 Å². The standard InChI is InChI=1S/C25H30N2O4/c1-6-30-20-11-9-19(10-12-20)22-23(26-21-15-17(4)7-8-18(21)5)25(29)27(24(22)28)13-14-31-16(2)3/h7-12,15-16,26H,6,13-14H2,1-5H3. The fourth-order valence-electron chi connectivity index (χ4n) is 3.43. The van der Waals surface area contributed by atoms with Gasteiger partial charge in [0.05, 0.1) is 31.4 Å². The molecule has 31 heavy (non-hydrogen) atoms. The average molecular weight is 423 g/mol. The Bertz CT molecular complexity index is 993. The van der Waals surface area contributed by atoms with Gasteiger partial charge in [0, 0.05) is 5.69 Å². The molecule has 0 aromatic heterocycles. The van der Waals surface area contributed by atoms with Crippen LogP contribution in [0.15, 0.2) is 48.2 Å². The molecule has 1 heterocycles. The summed E-state index contributed by atoms with van der Waals surface area (Å²) < 4.78 is 11.1. The van der Waals surface area contributed by atoms with E-state index in [-0.39, 0.29) is 30.2 Å². The van der Waals surface area contributed by atoms with Gasteiger partial charge in [-0.05, 0) is 69.5 Å². The van der Waals surface area contributed by atoms with Crippen LogP contribution in [0.3, 0.4) is 0 Å². The molecule has 3 rings (SSSR count). The number of rotatable bonds is 9. The Kier molecular flexibility index (Phi) is 7.13. The predicted molar refractivity (Wildman–Crippen MR) is 122 cm³/mol. The van der Waals surface area contributed by atoms with Gasteiger partial charge in [0.1, 0.15) is 11.4 Å². The van der Waals surface area contributed by atoms with Crippen LogP contribution in [0, 0.1) is 13.8 Å². The highest BCUT2D eigenvalue weighted by molar-refractivity contribution is 6.36. The summed E-state index contributed by atoms with van der Waals surface area (Å²) in [5.74, 6) is 0.0475. The monoisotopic (exact) mass is 422 g/mol. The van der Waals surface area contributed by atoms with Gasteiger partial charge in [-0.1, -0.05) is 24.3 Å². The van der Waals surface area contributed by atoms with E-state index in [1.165, 1.54) is 4.90 Å². The Morgan fingerprint density at radius 2 is 1.71 bits per heavy atom. The van der Waals surface area contributed by atoms with Crippen molar-refractivity contribution in [2.24, 2.45) is 0 Å². The largest absolute Gasteiger partial charge is 0.494 e. The van der Waals surface area contributed by atoms with E-state index in [0.29, 0.717) is 24.4 Å². The van der Waals surface area contributed by atoms with Crippen molar-refractivity contribution in [1.82, 2.24) is 4.90 Å². The van der Waals surface area contributed by atoms with Gasteiger partial charge >= 0.3 is 0 Å². The summed E-state index contributed by atoms with van der Waals surface area (Å²) >= 11 is 0. The third-order valence-electron chi connectivity index (χ3n) is 5.04. The average Bonchev–Trinajstić information content (AvgIpc) is 2.95. The quantitative estimate of drug-likeness (QED) is 0.610. The lowest BCUT2D eigenvalue weighted by molar-refractivity contribution is -0.137. The first-order valence-electron chi connectivity index (χ1n) is 10.6. The number of anilines is 1. The van der Waals surface area contributed by atoms with E-state index in [1.54, 1.807) is 0 Å².